The molecule has 2 heterocycles. The first-order valence-electron chi connectivity index (χ1n) is 9.61. The molecule has 5 nitrogen and oxygen atoms in total. The molecule has 142 valence electrons. The van der Waals surface area contributed by atoms with Crippen LogP contribution in [0.2, 0.25) is 0 Å². The average molecular weight is 373 g/mol. The Hall–Kier alpha value is -3.21. The highest BCUT2D eigenvalue weighted by atomic mass is 16.2. The Bertz CT molecular complexity index is 1020. The standard InChI is InChI=1S/C23H23N3O2/c1-16-9-10-18-14-19(11-12-20(18)24-16)22(27)25-21-8-5-13-26(23(21)28)15-17-6-3-2-4-7-17/h2-4,6-7,9-12,14,21H,5,8,13,15H2,1H3,(H,25,27). The van der Waals surface area contributed by atoms with Crippen LogP contribution in [0.25, 0.3) is 10.9 Å². The number of aromatic nitrogens is 1. The van der Waals surface area contributed by atoms with Gasteiger partial charge < -0.3 is 10.2 Å². The van der Waals surface area contributed by atoms with E-state index in [9.17, 15) is 9.59 Å². The van der Waals surface area contributed by atoms with Crippen LogP contribution < -0.4 is 5.32 Å². The predicted molar refractivity (Wildman–Crippen MR) is 109 cm³/mol. The van der Waals surface area contributed by atoms with Gasteiger partial charge in [-0.05, 0) is 49.6 Å². The van der Waals surface area contributed by atoms with E-state index in [-0.39, 0.29) is 11.8 Å². The molecule has 1 N–H and O–H groups in total. The van der Waals surface area contributed by atoms with Crippen molar-refractivity contribution in [2.45, 2.75) is 32.4 Å². The number of piperidine rings is 1. The molecule has 1 unspecified atom stereocenters. The smallest absolute Gasteiger partial charge is 0.251 e. The molecule has 0 bridgehead atoms. The Morgan fingerprint density at radius 2 is 1.96 bits per heavy atom. The number of fused-ring (bicyclic) bond motifs is 1. The fourth-order valence-electron chi connectivity index (χ4n) is 3.65. The quantitative estimate of drug-likeness (QED) is 0.762. The van der Waals surface area contributed by atoms with Gasteiger partial charge in [0.25, 0.3) is 5.91 Å². The molecule has 1 saturated heterocycles. The number of aryl methyl sites for hydroxylation is 1. The van der Waals surface area contributed by atoms with Gasteiger partial charge in [0.15, 0.2) is 0 Å². The van der Waals surface area contributed by atoms with Crippen molar-refractivity contribution in [1.82, 2.24) is 15.2 Å². The second kappa shape index (κ2) is 7.80. The molecular weight excluding hydrogens is 350 g/mol. The van der Waals surface area contributed by atoms with E-state index in [4.69, 9.17) is 0 Å². The van der Waals surface area contributed by atoms with Crippen LogP contribution in [0.15, 0.2) is 60.7 Å². The molecule has 0 spiro atoms. The Kier molecular flexibility index (Phi) is 5.06. The van der Waals surface area contributed by atoms with Crippen LogP contribution in [0, 0.1) is 6.92 Å². The maximum atomic E-state index is 12.8. The lowest BCUT2D eigenvalue weighted by Gasteiger charge is -2.32. The first-order valence-corrected chi connectivity index (χ1v) is 9.61. The summed E-state index contributed by atoms with van der Waals surface area (Å²) in [5, 5.41) is 3.84. The van der Waals surface area contributed by atoms with Gasteiger partial charge in [0, 0.05) is 29.7 Å². The molecule has 2 amide bonds. The third kappa shape index (κ3) is 3.88. The number of amides is 2. The molecule has 3 aromatic rings. The molecule has 1 atom stereocenters. The Morgan fingerprint density at radius 3 is 2.79 bits per heavy atom. The summed E-state index contributed by atoms with van der Waals surface area (Å²) >= 11 is 0. The van der Waals surface area contributed by atoms with Gasteiger partial charge in [-0.2, -0.15) is 0 Å². The van der Waals surface area contributed by atoms with E-state index in [0.717, 1.165) is 35.1 Å². The number of rotatable bonds is 4. The third-order valence-electron chi connectivity index (χ3n) is 5.14. The summed E-state index contributed by atoms with van der Waals surface area (Å²) in [5.41, 5.74) is 3.45. The molecule has 5 heteroatoms. The van der Waals surface area contributed by atoms with Gasteiger partial charge in [-0.3, -0.25) is 14.6 Å². The van der Waals surface area contributed by atoms with Gasteiger partial charge in [0.05, 0.1) is 5.52 Å². The normalized spacial score (nSPS) is 17.0. The van der Waals surface area contributed by atoms with Crippen LogP contribution in [0.3, 0.4) is 0 Å². The van der Waals surface area contributed by atoms with E-state index in [1.165, 1.54) is 0 Å². The van der Waals surface area contributed by atoms with E-state index in [2.05, 4.69) is 10.3 Å². The highest BCUT2D eigenvalue weighted by Gasteiger charge is 2.30. The summed E-state index contributed by atoms with van der Waals surface area (Å²) < 4.78 is 0. The van der Waals surface area contributed by atoms with Gasteiger partial charge >= 0.3 is 0 Å². The van der Waals surface area contributed by atoms with Gasteiger partial charge in [-0.1, -0.05) is 36.4 Å². The molecule has 0 aliphatic carbocycles. The minimum atomic E-state index is -0.475. The number of carbonyl (C=O) groups excluding carboxylic acids is 2. The lowest BCUT2D eigenvalue weighted by molar-refractivity contribution is -0.136. The predicted octanol–water partition coefficient (Wildman–Crippen LogP) is 3.46. The van der Waals surface area contributed by atoms with Crippen LogP contribution in [0.1, 0.15) is 34.5 Å². The van der Waals surface area contributed by atoms with E-state index >= 15 is 0 Å². The highest BCUT2D eigenvalue weighted by molar-refractivity contribution is 6.00. The number of nitrogens with one attached hydrogen (secondary N) is 1. The van der Waals surface area contributed by atoms with Crippen molar-refractivity contribution in [2.24, 2.45) is 0 Å². The zero-order chi connectivity index (χ0) is 19.5. The highest BCUT2D eigenvalue weighted by Crippen LogP contribution is 2.18. The maximum Gasteiger partial charge on any atom is 0.251 e. The van der Waals surface area contributed by atoms with Gasteiger partial charge in [-0.15, -0.1) is 0 Å². The fourth-order valence-corrected chi connectivity index (χ4v) is 3.65. The number of likely N-dealkylation sites (tertiary alicyclic amines) is 1. The van der Waals surface area contributed by atoms with Crippen molar-refractivity contribution >= 4 is 22.7 Å². The summed E-state index contributed by atoms with van der Waals surface area (Å²) in [6, 6.07) is 18.8. The van der Waals surface area contributed by atoms with Crippen molar-refractivity contribution < 1.29 is 9.59 Å². The summed E-state index contributed by atoms with van der Waals surface area (Å²) in [5.74, 6) is -0.232. The summed E-state index contributed by atoms with van der Waals surface area (Å²) in [6.45, 7) is 3.24. The third-order valence-corrected chi connectivity index (χ3v) is 5.14. The van der Waals surface area contributed by atoms with Crippen molar-refractivity contribution in [3.8, 4) is 0 Å². The zero-order valence-electron chi connectivity index (χ0n) is 15.9. The monoisotopic (exact) mass is 373 g/mol. The van der Waals surface area contributed by atoms with Crippen molar-refractivity contribution in [2.75, 3.05) is 6.54 Å². The maximum absolute atomic E-state index is 12.8. The second-order valence-corrected chi connectivity index (χ2v) is 7.27. The largest absolute Gasteiger partial charge is 0.340 e. The van der Waals surface area contributed by atoms with Crippen LogP contribution in [-0.2, 0) is 11.3 Å². The topological polar surface area (TPSA) is 62.3 Å². The molecular formula is C23H23N3O2. The fraction of sp³-hybridized carbons (Fsp3) is 0.261. The lowest BCUT2D eigenvalue weighted by Crippen LogP contribution is -2.51. The molecule has 0 saturated carbocycles. The first kappa shape index (κ1) is 18.2. The number of nitrogens with zero attached hydrogens (tertiary/aromatic N) is 2. The second-order valence-electron chi connectivity index (χ2n) is 7.27. The number of pyridine rings is 1. The summed E-state index contributed by atoms with van der Waals surface area (Å²) in [6.07, 6.45) is 1.55. The van der Waals surface area contributed by atoms with Gasteiger partial charge in [0.2, 0.25) is 5.91 Å². The first-order chi connectivity index (χ1) is 13.6. The number of benzene rings is 2. The molecule has 0 radical (unpaired) electrons. The molecule has 28 heavy (non-hydrogen) atoms. The lowest BCUT2D eigenvalue weighted by atomic mass is 10.0. The van der Waals surface area contributed by atoms with Crippen molar-refractivity contribution in [3.05, 3.63) is 77.5 Å². The minimum absolute atomic E-state index is 0.0125. The van der Waals surface area contributed by atoms with E-state index < -0.39 is 6.04 Å². The molecule has 1 aliphatic heterocycles. The SMILES string of the molecule is Cc1ccc2cc(C(=O)NC3CCCN(Cc4ccccc4)C3=O)ccc2n1. The van der Waals surface area contributed by atoms with E-state index in [1.807, 2.05) is 66.4 Å². The van der Waals surface area contributed by atoms with Gasteiger partial charge in [0.1, 0.15) is 6.04 Å². The number of hydrogen-bond acceptors (Lipinski definition) is 3. The summed E-state index contributed by atoms with van der Waals surface area (Å²) in [4.78, 5) is 31.9. The van der Waals surface area contributed by atoms with E-state index in [0.29, 0.717) is 18.5 Å². The number of hydrogen-bond donors (Lipinski definition) is 1. The van der Waals surface area contributed by atoms with Gasteiger partial charge in [-0.25, -0.2) is 0 Å². The molecule has 4 rings (SSSR count). The van der Waals surface area contributed by atoms with Crippen LogP contribution >= 0.6 is 0 Å². The Labute approximate surface area is 164 Å². The molecule has 1 aliphatic rings. The molecule has 1 aromatic heterocycles. The zero-order valence-corrected chi connectivity index (χ0v) is 15.9. The average Bonchev–Trinajstić information content (AvgIpc) is 2.71. The van der Waals surface area contributed by atoms with Crippen molar-refractivity contribution in [3.63, 3.8) is 0 Å². The van der Waals surface area contributed by atoms with Crippen molar-refractivity contribution in [1.29, 1.82) is 0 Å². The number of carbonyl (C=O) groups is 2. The minimum Gasteiger partial charge on any atom is -0.340 e. The molecule has 1 fully saturated rings. The molecule has 2 aromatic carbocycles. The van der Waals surface area contributed by atoms with Crippen LogP contribution in [0.5, 0.6) is 0 Å². The van der Waals surface area contributed by atoms with E-state index in [1.54, 1.807) is 6.07 Å². The Balaban J connectivity index is 1.46. The Morgan fingerprint density at radius 1 is 1.14 bits per heavy atom. The van der Waals surface area contributed by atoms with Crippen LogP contribution in [-0.4, -0.2) is 34.3 Å². The van der Waals surface area contributed by atoms with Crippen LogP contribution in [0.4, 0.5) is 0 Å². The summed E-state index contributed by atoms with van der Waals surface area (Å²) in [7, 11) is 0.